The molecule has 1 atom stereocenters. The first-order chi connectivity index (χ1) is 6.72. The number of methoxy groups -OCH3 is 1. The molecule has 0 aliphatic carbocycles. The zero-order valence-corrected chi connectivity index (χ0v) is 9.08. The molecule has 4 heteroatoms. The van der Waals surface area contributed by atoms with Crippen molar-refractivity contribution >= 4 is 5.91 Å². The fourth-order valence-corrected chi connectivity index (χ4v) is 1.78. The van der Waals surface area contributed by atoms with Crippen LogP contribution < -0.4 is 5.32 Å². The van der Waals surface area contributed by atoms with Gasteiger partial charge in [-0.3, -0.25) is 4.79 Å². The summed E-state index contributed by atoms with van der Waals surface area (Å²) in [6.07, 6.45) is 2.74. The molecular formula is C10H20N2O2. The number of likely N-dealkylation sites (tertiary alicyclic amines) is 1. The molecule has 0 spiro atoms. The number of nitrogens with zero attached hydrogens (tertiary/aromatic N) is 1. The second-order valence-corrected chi connectivity index (χ2v) is 3.91. The number of likely N-dealkylation sites (N-methyl/N-ethyl adjacent to an activating group) is 1. The summed E-state index contributed by atoms with van der Waals surface area (Å²) >= 11 is 0. The number of carbonyl (C=O) groups excluding carboxylic acids is 1. The van der Waals surface area contributed by atoms with Crippen LogP contribution in [0.5, 0.6) is 0 Å². The summed E-state index contributed by atoms with van der Waals surface area (Å²) in [5, 5.41) is 3.02. The third-order valence-corrected chi connectivity index (χ3v) is 2.52. The number of hydrogen-bond donors (Lipinski definition) is 1. The Kier molecular flexibility index (Phi) is 4.90. The highest BCUT2D eigenvalue weighted by Crippen LogP contribution is 2.07. The second kappa shape index (κ2) is 5.98. The first-order valence-electron chi connectivity index (χ1n) is 5.19. The Morgan fingerprint density at radius 3 is 3.07 bits per heavy atom. The van der Waals surface area contributed by atoms with E-state index in [1.807, 2.05) is 0 Å². The predicted octanol–water partition coefficient (Wildman–Crippen LogP) is 0.233. The van der Waals surface area contributed by atoms with Crippen molar-refractivity contribution in [2.45, 2.75) is 25.3 Å². The Morgan fingerprint density at radius 2 is 2.43 bits per heavy atom. The number of carbonyl (C=O) groups is 1. The van der Waals surface area contributed by atoms with Crippen LogP contribution in [0.15, 0.2) is 0 Å². The highest BCUT2D eigenvalue weighted by Gasteiger charge is 2.18. The fourth-order valence-electron chi connectivity index (χ4n) is 1.78. The summed E-state index contributed by atoms with van der Waals surface area (Å²) in [6, 6.07) is 0.332. The molecule has 0 aromatic carbocycles. The molecule has 14 heavy (non-hydrogen) atoms. The van der Waals surface area contributed by atoms with Crippen molar-refractivity contribution < 1.29 is 9.53 Å². The average molecular weight is 200 g/mol. The number of nitrogens with one attached hydrogen (secondary N) is 1. The first kappa shape index (κ1) is 11.5. The number of ether oxygens (including phenoxy) is 1. The van der Waals surface area contributed by atoms with E-state index in [1.165, 1.54) is 6.42 Å². The number of piperidine rings is 1. The Balaban J connectivity index is 2.18. The molecule has 1 saturated heterocycles. The lowest BCUT2D eigenvalue weighted by atomic mass is 10.1. The maximum absolute atomic E-state index is 11.4. The highest BCUT2D eigenvalue weighted by atomic mass is 16.5. The SMILES string of the molecule is COCCC(=O)NC1CCCN(C)C1. The second-order valence-electron chi connectivity index (χ2n) is 3.91. The number of hydrogen-bond acceptors (Lipinski definition) is 3. The van der Waals surface area contributed by atoms with Crippen molar-refractivity contribution in [3.8, 4) is 0 Å². The van der Waals surface area contributed by atoms with Gasteiger partial charge >= 0.3 is 0 Å². The monoisotopic (exact) mass is 200 g/mol. The van der Waals surface area contributed by atoms with E-state index in [9.17, 15) is 4.79 Å². The van der Waals surface area contributed by atoms with Crippen molar-refractivity contribution in [3.63, 3.8) is 0 Å². The van der Waals surface area contributed by atoms with E-state index in [-0.39, 0.29) is 5.91 Å². The van der Waals surface area contributed by atoms with E-state index in [4.69, 9.17) is 4.74 Å². The van der Waals surface area contributed by atoms with E-state index in [0.717, 1.165) is 19.5 Å². The summed E-state index contributed by atoms with van der Waals surface area (Å²) in [4.78, 5) is 13.6. The number of rotatable bonds is 4. The zero-order chi connectivity index (χ0) is 10.4. The molecule has 1 amide bonds. The van der Waals surface area contributed by atoms with Gasteiger partial charge in [0.25, 0.3) is 0 Å². The molecule has 0 aromatic heterocycles. The van der Waals surface area contributed by atoms with Gasteiger partial charge in [-0.05, 0) is 26.4 Å². The van der Waals surface area contributed by atoms with Gasteiger partial charge in [0.15, 0.2) is 0 Å². The summed E-state index contributed by atoms with van der Waals surface area (Å²) in [7, 11) is 3.70. The van der Waals surface area contributed by atoms with Crippen LogP contribution in [0.3, 0.4) is 0 Å². The van der Waals surface area contributed by atoms with E-state index < -0.39 is 0 Å². The van der Waals surface area contributed by atoms with Crippen molar-refractivity contribution in [2.24, 2.45) is 0 Å². The largest absolute Gasteiger partial charge is 0.384 e. The summed E-state index contributed by atoms with van der Waals surface area (Å²) in [5.41, 5.74) is 0. The predicted molar refractivity (Wildman–Crippen MR) is 55.2 cm³/mol. The van der Waals surface area contributed by atoms with Gasteiger partial charge < -0.3 is 15.0 Å². The smallest absolute Gasteiger partial charge is 0.222 e. The van der Waals surface area contributed by atoms with Gasteiger partial charge in [0.1, 0.15) is 0 Å². The maximum Gasteiger partial charge on any atom is 0.222 e. The molecule has 1 heterocycles. The Hall–Kier alpha value is -0.610. The lowest BCUT2D eigenvalue weighted by molar-refractivity contribution is -0.123. The molecule has 0 radical (unpaired) electrons. The van der Waals surface area contributed by atoms with Gasteiger partial charge in [-0.15, -0.1) is 0 Å². The minimum atomic E-state index is 0.104. The Labute approximate surface area is 85.6 Å². The van der Waals surface area contributed by atoms with Crippen LogP contribution in [0.4, 0.5) is 0 Å². The molecule has 0 aromatic rings. The molecule has 4 nitrogen and oxygen atoms in total. The molecule has 1 aliphatic rings. The van der Waals surface area contributed by atoms with Crippen molar-refractivity contribution in [3.05, 3.63) is 0 Å². The summed E-state index contributed by atoms with van der Waals surface area (Å²) < 4.78 is 4.85. The highest BCUT2D eigenvalue weighted by molar-refractivity contribution is 5.76. The lowest BCUT2D eigenvalue weighted by Crippen LogP contribution is -2.46. The van der Waals surface area contributed by atoms with Gasteiger partial charge in [0, 0.05) is 26.1 Å². The quantitative estimate of drug-likeness (QED) is 0.706. The lowest BCUT2D eigenvalue weighted by Gasteiger charge is -2.30. The number of amides is 1. The molecule has 1 unspecified atom stereocenters. The summed E-state index contributed by atoms with van der Waals surface area (Å²) in [6.45, 7) is 2.62. The molecule has 1 fully saturated rings. The molecular weight excluding hydrogens is 180 g/mol. The molecule has 82 valence electrons. The molecule has 1 N–H and O–H groups in total. The molecule has 0 bridgehead atoms. The zero-order valence-electron chi connectivity index (χ0n) is 9.08. The van der Waals surface area contributed by atoms with Gasteiger partial charge in [-0.1, -0.05) is 0 Å². The van der Waals surface area contributed by atoms with Crippen LogP contribution in [0.1, 0.15) is 19.3 Å². The van der Waals surface area contributed by atoms with Crippen LogP contribution in [-0.4, -0.2) is 50.7 Å². The minimum Gasteiger partial charge on any atom is -0.384 e. The normalized spacial score (nSPS) is 23.4. The van der Waals surface area contributed by atoms with Crippen LogP contribution in [0.2, 0.25) is 0 Å². The molecule has 0 saturated carbocycles. The minimum absolute atomic E-state index is 0.104. The van der Waals surface area contributed by atoms with Crippen LogP contribution in [0.25, 0.3) is 0 Å². The van der Waals surface area contributed by atoms with Crippen LogP contribution in [-0.2, 0) is 9.53 Å². The fraction of sp³-hybridized carbons (Fsp3) is 0.900. The van der Waals surface area contributed by atoms with E-state index in [2.05, 4.69) is 17.3 Å². The maximum atomic E-state index is 11.4. The Morgan fingerprint density at radius 1 is 1.64 bits per heavy atom. The van der Waals surface area contributed by atoms with E-state index in [0.29, 0.717) is 19.1 Å². The van der Waals surface area contributed by atoms with Crippen molar-refractivity contribution in [1.82, 2.24) is 10.2 Å². The van der Waals surface area contributed by atoms with Gasteiger partial charge in [0.2, 0.25) is 5.91 Å². The van der Waals surface area contributed by atoms with Crippen molar-refractivity contribution in [2.75, 3.05) is 33.9 Å². The van der Waals surface area contributed by atoms with Crippen LogP contribution >= 0.6 is 0 Å². The topological polar surface area (TPSA) is 41.6 Å². The van der Waals surface area contributed by atoms with E-state index in [1.54, 1.807) is 7.11 Å². The van der Waals surface area contributed by atoms with Gasteiger partial charge in [-0.2, -0.15) is 0 Å². The summed E-state index contributed by atoms with van der Waals surface area (Å²) in [5.74, 6) is 0.104. The molecule has 1 aliphatic heterocycles. The van der Waals surface area contributed by atoms with E-state index >= 15 is 0 Å². The molecule has 1 rings (SSSR count). The van der Waals surface area contributed by atoms with Gasteiger partial charge in [-0.25, -0.2) is 0 Å². The standard InChI is InChI=1S/C10H20N2O2/c1-12-6-3-4-9(8-12)11-10(13)5-7-14-2/h9H,3-8H2,1-2H3,(H,11,13). The first-order valence-corrected chi connectivity index (χ1v) is 5.19. The average Bonchev–Trinajstić information content (AvgIpc) is 2.15. The third-order valence-electron chi connectivity index (χ3n) is 2.52. The van der Waals surface area contributed by atoms with Crippen LogP contribution in [0, 0.1) is 0 Å². The van der Waals surface area contributed by atoms with Gasteiger partial charge in [0.05, 0.1) is 6.61 Å². The Bertz CT molecular complexity index is 185. The third kappa shape index (κ3) is 4.07. The van der Waals surface area contributed by atoms with Crippen molar-refractivity contribution in [1.29, 1.82) is 0 Å².